The Morgan fingerprint density at radius 2 is 1.97 bits per heavy atom. The molecule has 0 radical (unpaired) electrons. The lowest BCUT2D eigenvalue weighted by Gasteiger charge is -2.36. The van der Waals surface area contributed by atoms with Crippen molar-refractivity contribution >= 4 is 23.4 Å². The number of nitrogens with zero attached hydrogens (tertiary/aromatic N) is 2. The highest BCUT2D eigenvalue weighted by Gasteiger charge is 2.28. The molecule has 1 amide bonds. The molecule has 6 nitrogen and oxygen atoms in total. The summed E-state index contributed by atoms with van der Waals surface area (Å²) >= 11 is 1.76. The minimum atomic E-state index is -0.0843. The van der Waals surface area contributed by atoms with Gasteiger partial charge in [-0.05, 0) is 35.9 Å². The molecule has 2 aliphatic rings. The normalized spacial score (nSPS) is 18.3. The maximum Gasteiger partial charge on any atom is 0.251 e. The highest BCUT2D eigenvalue weighted by Crippen LogP contribution is 2.43. The number of nitrogens with one attached hydrogen (secondary N) is 3. The van der Waals surface area contributed by atoms with Crippen LogP contribution in [-0.2, 0) is 6.54 Å². The van der Waals surface area contributed by atoms with Gasteiger partial charge in [0.1, 0.15) is 6.17 Å². The molecule has 0 bridgehead atoms. The van der Waals surface area contributed by atoms with Crippen LogP contribution in [0.15, 0.2) is 76.8 Å². The molecular weight excluding hydrogens is 406 g/mol. The Hall–Kier alpha value is -2.87. The molecule has 1 unspecified atom stereocenters. The van der Waals surface area contributed by atoms with Gasteiger partial charge in [0.2, 0.25) is 0 Å². The second kappa shape index (κ2) is 9.09. The fourth-order valence-electron chi connectivity index (χ4n) is 4.03. The number of pyridine rings is 1. The van der Waals surface area contributed by atoms with E-state index in [9.17, 15) is 4.79 Å². The standard InChI is InChI=1S/C24H25N5OS/c30-24(27-16-17-4-3-9-26-15-17)18-7-8-22-20(14-18)28-23(29-12-10-25-11-13-29)19-5-1-2-6-21(19)31-22/h1-9,14-15,23,25,28H,10-13,16H2,(H,27,30). The number of carbonyl (C=O) groups excluding carboxylic acids is 1. The molecule has 2 aromatic carbocycles. The summed E-state index contributed by atoms with van der Waals surface area (Å²) in [7, 11) is 0. The molecule has 3 heterocycles. The van der Waals surface area contributed by atoms with E-state index in [0.717, 1.165) is 42.3 Å². The summed E-state index contributed by atoms with van der Waals surface area (Å²) in [4.78, 5) is 21.8. The number of rotatable bonds is 4. The molecule has 2 aliphatic heterocycles. The smallest absolute Gasteiger partial charge is 0.251 e. The highest BCUT2D eigenvalue weighted by atomic mass is 32.2. The van der Waals surface area contributed by atoms with Crippen molar-refractivity contribution in [2.24, 2.45) is 0 Å². The number of benzene rings is 2. The van der Waals surface area contributed by atoms with Gasteiger partial charge in [0, 0.05) is 66.0 Å². The molecule has 3 N–H and O–H groups in total. The van der Waals surface area contributed by atoms with Crippen LogP contribution in [0.2, 0.25) is 0 Å². The minimum Gasteiger partial charge on any atom is -0.365 e. The SMILES string of the molecule is O=C(NCc1cccnc1)c1ccc2c(c1)NC(N1CCNCC1)c1ccccc1S2. The van der Waals surface area contributed by atoms with Crippen molar-refractivity contribution in [3.05, 3.63) is 83.7 Å². The predicted octanol–water partition coefficient (Wildman–Crippen LogP) is 3.49. The van der Waals surface area contributed by atoms with Crippen LogP contribution in [0.1, 0.15) is 27.7 Å². The lowest BCUT2D eigenvalue weighted by atomic mass is 10.1. The van der Waals surface area contributed by atoms with Crippen LogP contribution in [-0.4, -0.2) is 42.0 Å². The molecule has 0 saturated carbocycles. The summed E-state index contributed by atoms with van der Waals surface area (Å²) in [5.74, 6) is -0.0843. The molecular formula is C24H25N5OS. The number of hydrogen-bond donors (Lipinski definition) is 3. The monoisotopic (exact) mass is 431 g/mol. The van der Waals surface area contributed by atoms with E-state index in [4.69, 9.17) is 0 Å². The second-order valence-electron chi connectivity index (χ2n) is 7.73. The van der Waals surface area contributed by atoms with Crippen molar-refractivity contribution < 1.29 is 4.79 Å². The first kappa shape index (κ1) is 20.1. The molecule has 0 aliphatic carbocycles. The van der Waals surface area contributed by atoms with Crippen molar-refractivity contribution in [2.45, 2.75) is 22.5 Å². The van der Waals surface area contributed by atoms with Crippen LogP contribution < -0.4 is 16.0 Å². The summed E-state index contributed by atoms with van der Waals surface area (Å²) < 4.78 is 0. The zero-order chi connectivity index (χ0) is 21.0. The maximum atomic E-state index is 12.8. The van der Waals surface area contributed by atoms with Crippen LogP contribution in [0.4, 0.5) is 5.69 Å². The van der Waals surface area contributed by atoms with E-state index < -0.39 is 0 Å². The molecule has 1 saturated heterocycles. The first-order valence-electron chi connectivity index (χ1n) is 10.6. The van der Waals surface area contributed by atoms with Gasteiger partial charge in [-0.25, -0.2) is 0 Å². The Bertz CT molecular complexity index is 1070. The lowest BCUT2D eigenvalue weighted by molar-refractivity contribution is 0.0951. The Morgan fingerprint density at radius 3 is 2.81 bits per heavy atom. The highest BCUT2D eigenvalue weighted by molar-refractivity contribution is 7.99. The molecule has 158 valence electrons. The molecule has 1 fully saturated rings. The Kier molecular flexibility index (Phi) is 5.88. The van der Waals surface area contributed by atoms with Crippen molar-refractivity contribution in [1.29, 1.82) is 0 Å². The average molecular weight is 432 g/mol. The van der Waals surface area contributed by atoms with Gasteiger partial charge >= 0.3 is 0 Å². The zero-order valence-corrected chi connectivity index (χ0v) is 18.0. The Labute approximate surface area is 186 Å². The fraction of sp³-hybridized carbons (Fsp3) is 0.250. The van der Waals surface area contributed by atoms with Gasteiger partial charge in [-0.3, -0.25) is 14.7 Å². The number of fused-ring (bicyclic) bond motifs is 2. The largest absolute Gasteiger partial charge is 0.365 e. The fourth-order valence-corrected chi connectivity index (χ4v) is 5.08. The van der Waals surface area contributed by atoms with E-state index in [1.807, 2.05) is 30.3 Å². The van der Waals surface area contributed by atoms with Gasteiger partial charge < -0.3 is 16.0 Å². The van der Waals surface area contributed by atoms with Crippen LogP contribution in [0, 0.1) is 0 Å². The van der Waals surface area contributed by atoms with E-state index >= 15 is 0 Å². The van der Waals surface area contributed by atoms with Gasteiger partial charge in [0.15, 0.2) is 0 Å². The average Bonchev–Trinajstić information content (AvgIpc) is 3.00. The third-order valence-corrected chi connectivity index (χ3v) is 6.83. The van der Waals surface area contributed by atoms with Crippen LogP contribution in [0.5, 0.6) is 0 Å². The summed E-state index contributed by atoms with van der Waals surface area (Å²) in [5.41, 5.74) is 3.92. The third kappa shape index (κ3) is 4.44. The molecule has 7 heteroatoms. The minimum absolute atomic E-state index is 0.0840. The summed E-state index contributed by atoms with van der Waals surface area (Å²) in [5, 5.41) is 10.2. The molecule has 1 aromatic heterocycles. The summed E-state index contributed by atoms with van der Waals surface area (Å²) in [6.45, 7) is 4.39. The van der Waals surface area contributed by atoms with Crippen molar-refractivity contribution in [2.75, 3.05) is 31.5 Å². The predicted molar refractivity (Wildman–Crippen MR) is 123 cm³/mol. The first-order valence-corrected chi connectivity index (χ1v) is 11.4. The summed E-state index contributed by atoms with van der Waals surface area (Å²) in [6.07, 6.45) is 3.58. The zero-order valence-electron chi connectivity index (χ0n) is 17.2. The lowest BCUT2D eigenvalue weighted by Crippen LogP contribution is -2.47. The number of aromatic nitrogens is 1. The van der Waals surface area contributed by atoms with Gasteiger partial charge in [0.05, 0.1) is 5.69 Å². The Morgan fingerprint density at radius 1 is 1.10 bits per heavy atom. The molecule has 1 atom stereocenters. The van der Waals surface area contributed by atoms with Gasteiger partial charge in [-0.15, -0.1) is 0 Å². The second-order valence-corrected chi connectivity index (χ2v) is 8.81. The van der Waals surface area contributed by atoms with E-state index in [1.165, 1.54) is 10.5 Å². The molecule has 3 aromatic rings. The molecule has 5 rings (SSSR count). The van der Waals surface area contributed by atoms with Crippen LogP contribution in [0.25, 0.3) is 0 Å². The first-order chi connectivity index (χ1) is 15.3. The molecule has 31 heavy (non-hydrogen) atoms. The number of amides is 1. The third-order valence-electron chi connectivity index (χ3n) is 5.66. The van der Waals surface area contributed by atoms with E-state index in [0.29, 0.717) is 12.1 Å². The van der Waals surface area contributed by atoms with Gasteiger partial charge in [-0.1, -0.05) is 36.0 Å². The van der Waals surface area contributed by atoms with Crippen molar-refractivity contribution in [3.8, 4) is 0 Å². The quantitative estimate of drug-likeness (QED) is 0.588. The number of anilines is 1. The Balaban J connectivity index is 1.40. The topological polar surface area (TPSA) is 69.3 Å². The van der Waals surface area contributed by atoms with Crippen LogP contribution >= 0.6 is 11.8 Å². The van der Waals surface area contributed by atoms with E-state index in [1.54, 1.807) is 24.2 Å². The summed E-state index contributed by atoms with van der Waals surface area (Å²) in [6, 6.07) is 18.3. The number of hydrogen-bond acceptors (Lipinski definition) is 6. The van der Waals surface area contributed by atoms with E-state index in [-0.39, 0.29) is 12.1 Å². The molecule has 0 spiro atoms. The van der Waals surface area contributed by atoms with Crippen LogP contribution in [0.3, 0.4) is 0 Å². The maximum absolute atomic E-state index is 12.8. The van der Waals surface area contributed by atoms with E-state index in [2.05, 4.69) is 50.1 Å². The van der Waals surface area contributed by atoms with Gasteiger partial charge in [-0.2, -0.15) is 0 Å². The number of carbonyl (C=O) groups is 1. The van der Waals surface area contributed by atoms with Crippen molar-refractivity contribution in [1.82, 2.24) is 20.5 Å². The number of piperazine rings is 1. The van der Waals surface area contributed by atoms with Crippen molar-refractivity contribution in [3.63, 3.8) is 0 Å². The van der Waals surface area contributed by atoms with Gasteiger partial charge in [0.25, 0.3) is 5.91 Å².